The third kappa shape index (κ3) is 3.22. The van der Waals surface area contributed by atoms with Crippen LogP contribution in [0.3, 0.4) is 0 Å². The van der Waals surface area contributed by atoms with Crippen LogP contribution >= 0.6 is 23.1 Å². The highest BCUT2D eigenvalue weighted by molar-refractivity contribution is 8.02. The monoisotopic (exact) mass is 365 g/mol. The molecule has 0 spiro atoms. The van der Waals surface area contributed by atoms with Crippen LogP contribution in [0, 0.1) is 11.6 Å². The fraction of sp³-hybridized carbons (Fsp3) is 0.118. The normalized spacial score (nSPS) is 13.7. The summed E-state index contributed by atoms with van der Waals surface area (Å²) in [6, 6.07) is 5.93. The van der Waals surface area contributed by atoms with Gasteiger partial charge in [0.1, 0.15) is 11.5 Å². The molecule has 1 aliphatic rings. The number of thiophene rings is 1. The number of rotatable bonds is 5. The molecule has 0 saturated heterocycles. The van der Waals surface area contributed by atoms with Crippen molar-refractivity contribution in [2.75, 3.05) is 11.4 Å². The molecule has 0 unspecified atom stereocenters. The summed E-state index contributed by atoms with van der Waals surface area (Å²) in [4.78, 5) is 12.9. The lowest BCUT2D eigenvalue weighted by Gasteiger charge is -2.29. The minimum Gasteiger partial charge on any atom is -0.480 e. The number of carboxylic acid groups (broad SMARTS) is 1. The Morgan fingerprint density at radius 3 is 2.88 bits per heavy atom. The molecule has 0 radical (unpaired) electrons. The van der Waals surface area contributed by atoms with Gasteiger partial charge >= 0.3 is 5.97 Å². The molecule has 24 heavy (non-hydrogen) atoms. The molecule has 0 saturated carbocycles. The summed E-state index contributed by atoms with van der Waals surface area (Å²) in [5.74, 6) is -2.54. The number of thioether (sulfide) groups is 1. The number of hydrogen-bond donors (Lipinski definition) is 1. The number of anilines is 1. The van der Waals surface area contributed by atoms with Gasteiger partial charge in [0.2, 0.25) is 0 Å². The highest BCUT2D eigenvalue weighted by atomic mass is 32.2. The first-order valence-electron chi connectivity index (χ1n) is 7.01. The summed E-state index contributed by atoms with van der Waals surface area (Å²) in [6.07, 6.45) is 1.78. The van der Waals surface area contributed by atoms with E-state index in [1.54, 1.807) is 11.0 Å². The third-order valence-corrected chi connectivity index (χ3v) is 5.53. The molecule has 0 amide bonds. The fourth-order valence-corrected chi connectivity index (χ4v) is 4.45. The predicted octanol–water partition coefficient (Wildman–Crippen LogP) is 4.72. The van der Waals surface area contributed by atoms with E-state index in [0.717, 1.165) is 22.2 Å². The average Bonchev–Trinajstić information content (AvgIpc) is 3.02. The first kappa shape index (κ1) is 16.7. The Morgan fingerprint density at radius 2 is 2.12 bits per heavy atom. The maximum Gasteiger partial charge on any atom is 0.323 e. The molecule has 1 aromatic carbocycles. The number of nitrogens with zero attached hydrogens (tertiary/aromatic N) is 1. The van der Waals surface area contributed by atoms with E-state index in [1.807, 2.05) is 11.4 Å². The van der Waals surface area contributed by atoms with Crippen LogP contribution in [0.25, 0.3) is 5.57 Å². The Morgan fingerprint density at radius 1 is 1.33 bits per heavy atom. The van der Waals surface area contributed by atoms with Crippen LogP contribution in [0.15, 0.2) is 47.3 Å². The van der Waals surface area contributed by atoms with Gasteiger partial charge < -0.3 is 10.0 Å². The van der Waals surface area contributed by atoms with Crippen molar-refractivity contribution in [3.8, 4) is 0 Å². The summed E-state index contributed by atoms with van der Waals surface area (Å²) in [5, 5.41) is 12.5. The molecule has 2 aromatic rings. The van der Waals surface area contributed by atoms with Crippen molar-refractivity contribution in [3.05, 3.63) is 70.1 Å². The topological polar surface area (TPSA) is 40.5 Å². The third-order valence-electron chi connectivity index (χ3n) is 3.50. The molecule has 0 aliphatic carbocycles. The van der Waals surface area contributed by atoms with Gasteiger partial charge in [0.05, 0.1) is 5.03 Å². The molecule has 0 atom stereocenters. The standard InChI is InChI=1S/C17H13F2NO2S2/c1-10-7-14(24-9-11-3-2-4-13(18)16(11)19)20(8-15(21)22)17-12(10)5-6-23-17/h2-7H,1,8-9H2,(H,21,22). The van der Waals surface area contributed by atoms with Crippen molar-refractivity contribution in [3.63, 3.8) is 0 Å². The summed E-state index contributed by atoms with van der Waals surface area (Å²) in [7, 11) is 0. The second-order valence-electron chi connectivity index (χ2n) is 5.13. The zero-order chi connectivity index (χ0) is 17.3. The van der Waals surface area contributed by atoms with E-state index in [-0.39, 0.29) is 17.9 Å². The summed E-state index contributed by atoms with van der Waals surface area (Å²) in [5.41, 5.74) is 1.90. The van der Waals surface area contributed by atoms with Gasteiger partial charge in [-0.25, -0.2) is 8.78 Å². The Bertz CT molecular complexity index is 845. The molecule has 1 aromatic heterocycles. The predicted molar refractivity (Wildman–Crippen MR) is 94.1 cm³/mol. The number of carboxylic acids is 1. The molecule has 124 valence electrons. The smallest absolute Gasteiger partial charge is 0.323 e. The van der Waals surface area contributed by atoms with Crippen LogP contribution < -0.4 is 4.90 Å². The van der Waals surface area contributed by atoms with E-state index in [0.29, 0.717) is 5.03 Å². The largest absolute Gasteiger partial charge is 0.480 e. The number of hydrogen-bond acceptors (Lipinski definition) is 4. The van der Waals surface area contributed by atoms with Gasteiger partial charge in [0.25, 0.3) is 0 Å². The van der Waals surface area contributed by atoms with E-state index >= 15 is 0 Å². The van der Waals surface area contributed by atoms with Crippen LogP contribution in [-0.4, -0.2) is 17.6 Å². The molecular weight excluding hydrogens is 352 g/mol. The lowest BCUT2D eigenvalue weighted by atomic mass is 10.1. The van der Waals surface area contributed by atoms with Gasteiger partial charge in [-0.1, -0.05) is 18.7 Å². The van der Waals surface area contributed by atoms with Crippen LogP contribution in [0.5, 0.6) is 0 Å². The van der Waals surface area contributed by atoms with Crippen molar-refractivity contribution in [2.45, 2.75) is 5.75 Å². The van der Waals surface area contributed by atoms with E-state index in [2.05, 4.69) is 6.58 Å². The van der Waals surface area contributed by atoms with Crippen molar-refractivity contribution in [1.82, 2.24) is 0 Å². The minimum absolute atomic E-state index is 0.194. The maximum absolute atomic E-state index is 13.8. The van der Waals surface area contributed by atoms with Crippen molar-refractivity contribution < 1.29 is 18.7 Å². The first-order valence-corrected chi connectivity index (χ1v) is 8.87. The van der Waals surface area contributed by atoms with Gasteiger partial charge in [0, 0.05) is 16.9 Å². The SMILES string of the molecule is C=C1C=C(SCc2cccc(F)c2F)N(CC(=O)O)c2sccc21. The number of carbonyl (C=O) groups is 1. The van der Waals surface area contributed by atoms with Crippen LogP contribution in [-0.2, 0) is 10.5 Å². The summed E-state index contributed by atoms with van der Waals surface area (Å²) < 4.78 is 27.1. The summed E-state index contributed by atoms with van der Waals surface area (Å²) >= 11 is 2.68. The van der Waals surface area contributed by atoms with Gasteiger partial charge in [-0.2, -0.15) is 0 Å². The lowest BCUT2D eigenvalue weighted by molar-refractivity contribution is -0.135. The van der Waals surface area contributed by atoms with Crippen molar-refractivity contribution in [2.24, 2.45) is 0 Å². The second-order valence-corrected chi connectivity index (χ2v) is 7.02. The highest BCUT2D eigenvalue weighted by Crippen LogP contribution is 2.43. The molecule has 3 rings (SSSR count). The Labute approximate surface area is 145 Å². The van der Waals surface area contributed by atoms with E-state index in [4.69, 9.17) is 0 Å². The molecule has 1 aliphatic heterocycles. The average molecular weight is 365 g/mol. The fourth-order valence-electron chi connectivity index (χ4n) is 2.38. The van der Waals surface area contributed by atoms with Crippen molar-refractivity contribution in [1.29, 1.82) is 0 Å². The number of halogens is 2. The highest BCUT2D eigenvalue weighted by Gasteiger charge is 2.25. The molecule has 3 nitrogen and oxygen atoms in total. The van der Waals surface area contributed by atoms with Crippen LogP contribution in [0.1, 0.15) is 11.1 Å². The van der Waals surface area contributed by atoms with Gasteiger partial charge in [-0.15, -0.1) is 23.1 Å². The Kier molecular flexibility index (Phi) is 4.73. The Hall–Kier alpha value is -2.12. The number of aliphatic carboxylic acids is 1. The van der Waals surface area contributed by atoms with E-state index < -0.39 is 17.6 Å². The minimum atomic E-state index is -0.967. The molecule has 1 N–H and O–H groups in total. The second kappa shape index (κ2) is 6.78. The molecular formula is C17H13F2NO2S2. The quantitative estimate of drug-likeness (QED) is 0.832. The zero-order valence-corrected chi connectivity index (χ0v) is 14.1. The van der Waals surface area contributed by atoms with Gasteiger partial charge in [0.15, 0.2) is 11.6 Å². The summed E-state index contributed by atoms with van der Waals surface area (Å²) in [6.45, 7) is 3.78. The maximum atomic E-state index is 13.8. The zero-order valence-electron chi connectivity index (χ0n) is 12.5. The Balaban J connectivity index is 1.86. The first-order chi connectivity index (χ1) is 11.5. The lowest BCUT2D eigenvalue weighted by Crippen LogP contribution is -2.29. The molecule has 7 heteroatoms. The van der Waals surface area contributed by atoms with Gasteiger partial charge in [-0.3, -0.25) is 4.79 Å². The number of fused-ring (bicyclic) bond motifs is 1. The molecule has 0 bridgehead atoms. The number of allylic oxidation sites excluding steroid dienone is 2. The van der Waals surface area contributed by atoms with E-state index in [1.165, 1.54) is 35.2 Å². The molecule has 2 heterocycles. The van der Waals surface area contributed by atoms with Gasteiger partial charge in [-0.05, 0) is 29.2 Å². The van der Waals surface area contributed by atoms with Crippen LogP contribution in [0.4, 0.5) is 13.8 Å². The van der Waals surface area contributed by atoms with E-state index in [9.17, 15) is 18.7 Å². The van der Waals surface area contributed by atoms with Crippen LogP contribution in [0.2, 0.25) is 0 Å². The van der Waals surface area contributed by atoms with Crippen molar-refractivity contribution >= 4 is 39.6 Å². The molecule has 0 fully saturated rings. The number of benzene rings is 1.